The third-order valence-corrected chi connectivity index (χ3v) is 3.04. The van der Waals surface area contributed by atoms with Gasteiger partial charge in [-0.05, 0) is 36.7 Å². The molecular weight excluding hydrogens is 342 g/mol. The molecule has 1 rings (SSSR count). The Morgan fingerprint density at radius 1 is 1.35 bits per heavy atom. The molecule has 0 fully saturated rings. The van der Waals surface area contributed by atoms with E-state index >= 15 is 0 Å². The lowest BCUT2D eigenvalue weighted by molar-refractivity contribution is -0.175. The summed E-state index contributed by atoms with van der Waals surface area (Å²) < 4.78 is 55.0. The van der Waals surface area contributed by atoms with Crippen molar-refractivity contribution in [2.75, 3.05) is 19.8 Å². The molecular formula is C13H16BrF4NO. The van der Waals surface area contributed by atoms with Gasteiger partial charge in [0.05, 0.1) is 6.61 Å². The van der Waals surface area contributed by atoms with Crippen LogP contribution in [0, 0.1) is 5.82 Å². The fourth-order valence-electron chi connectivity index (χ4n) is 1.76. The van der Waals surface area contributed by atoms with E-state index in [2.05, 4.69) is 26.0 Å². The molecule has 0 aliphatic rings. The highest BCUT2D eigenvalue weighted by molar-refractivity contribution is 9.10. The minimum atomic E-state index is -4.35. The summed E-state index contributed by atoms with van der Waals surface area (Å²) in [5.74, 6) is -0.382. The first-order valence-corrected chi connectivity index (χ1v) is 6.93. The van der Waals surface area contributed by atoms with Gasteiger partial charge in [0, 0.05) is 10.5 Å². The summed E-state index contributed by atoms with van der Waals surface area (Å²) >= 11 is 3.24. The van der Waals surface area contributed by atoms with Crippen LogP contribution in [-0.2, 0) is 11.2 Å². The molecule has 1 aromatic rings. The number of ether oxygens (including phenoxy) is 1. The standard InChI is InChI=1S/C13H16BrF4NO/c1-2-19-11(7-20-8-13(16,17)18)6-9-5-10(14)3-4-12(9)15/h3-5,11,19H,2,6-8H2,1H3. The fraction of sp³-hybridized carbons (Fsp3) is 0.538. The molecule has 0 heterocycles. The topological polar surface area (TPSA) is 21.3 Å². The van der Waals surface area contributed by atoms with E-state index in [0.717, 1.165) is 4.47 Å². The highest BCUT2D eigenvalue weighted by Gasteiger charge is 2.28. The summed E-state index contributed by atoms with van der Waals surface area (Å²) in [5.41, 5.74) is 0.431. The van der Waals surface area contributed by atoms with E-state index in [-0.39, 0.29) is 24.9 Å². The second-order valence-electron chi connectivity index (χ2n) is 4.32. The van der Waals surface area contributed by atoms with Gasteiger partial charge in [-0.15, -0.1) is 0 Å². The van der Waals surface area contributed by atoms with E-state index in [9.17, 15) is 17.6 Å². The number of hydrogen-bond acceptors (Lipinski definition) is 2. The first-order valence-electron chi connectivity index (χ1n) is 6.13. The largest absolute Gasteiger partial charge is 0.411 e. The monoisotopic (exact) mass is 357 g/mol. The number of alkyl halides is 3. The molecule has 0 amide bonds. The number of halogens is 5. The maximum Gasteiger partial charge on any atom is 0.411 e. The molecule has 0 radical (unpaired) electrons. The Kier molecular flexibility index (Phi) is 6.91. The van der Waals surface area contributed by atoms with Crippen molar-refractivity contribution in [1.82, 2.24) is 5.32 Å². The SMILES string of the molecule is CCNC(COCC(F)(F)F)Cc1cc(Br)ccc1F. The van der Waals surface area contributed by atoms with Crippen molar-refractivity contribution in [2.24, 2.45) is 0 Å². The maximum absolute atomic E-state index is 13.6. The summed E-state index contributed by atoms with van der Waals surface area (Å²) in [6.45, 7) is 0.971. The molecule has 1 unspecified atom stereocenters. The quantitative estimate of drug-likeness (QED) is 0.751. The predicted molar refractivity (Wildman–Crippen MR) is 72.1 cm³/mol. The number of rotatable bonds is 7. The minimum Gasteiger partial charge on any atom is -0.370 e. The van der Waals surface area contributed by atoms with E-state index in [0.29, 0.717) is 12.1 Å². The van der Waals surface area contributed by atoms with Crippen LogP contribution in [0.4, 0.5) is 17.6 Å². The zero-order valence-electron chi connectivity index (χ0n) is 10.9. The number of likely N-dealkylation sites (N-methyl/N-ethyl adjacent to an activating group) is 1. The molecule has 20 heavy (non-hydrogen) atoms. The molecule has 0 spiro atoms. The molecule has 0 aliphatic heterocycles. The average Bonchev–Trinajstić information content (AvgIpc) is 2.32. The summed E-state index contributed by atoms with van der Waals surface area (Å²) in [7, 11) is 0. The van der Waals surface area contributed by atoms with Crippen LogP contribution in [0.25, 0.3) is 0 Å². The van der Waals surface area contributed by atoms with Gasteiger partial charge in [0.25, 0.3) is 0 Å². The van der Waals surface area contributed by atoms with E-state index < -0.39 is 12.8 Å². The zero-order valence-corrected chi connectivity index (χ0v) is 12.5. The summed E-state index contributed by atoms with van der Waals surface area (Å²) in [6.07, 6.45) is -4.09. The van der Waals surface area contributed by atoms with E-state index in [1.165, 1.54) is 6.07 Å². The van der Waals surface area contributed by atoms with Crippen molar-refractivity contribution >= 4 is 15.9 Å². The summed E-state index contributed by atoms with van der Waals surface area (Å²) in [4.78, 5) is 0. The lowest BCUT2D eigenvalue weighted by Gasteiger charge is -2.19. The van der Waals surface area contributed by atoms with Gasteiger partial charge in [0.2, 0.25) is 0 Å². The molecule has 0 saturated heterocycles. The lowest BCUT2D eigenvalue weighted by Crippen LogP contribution is -2.36. The Morgan fingerprint density at radius 3 is 2.65 bits per heavy atom. The molecule has 0 saturated carbocycles. The molecule has 0 aliphatic carbocycles. The van der Waals surface area contributed by atoms with Crippen molar-refractivity contribution in [2.45, 2.75) is 25.6 Å². The van der Waals surface area contributed by atoms with Crippen LogP contribution in [0.2, 0.25) is 0 Å². The Bertz CT molecular complexity index is 425. The van der Waals surface area contributed by atoms with Crippen molar-refractivity contribution in [3.8, 4) is 0 Å². The normalized spacial score (nSPS) is 13.5. The highest BCUT2D eigenvalue weighted by atomic mass is 79.9. The van der Waals surface area contributed by atoms with Gasteiger partial charge in [-0.2, -0.15) is 13.2 Å². The smallest absolute Gasteiger partial charge is 0.370 e. The van der Waals surface area contributed by atoms with Gasteiger partial charge < -0.3 is 10.1 Å². The number of hydrogen-bond donors (Lipinski definition) is 1. The first-order chi connectivity index (χ1) is 9.31. The van der Waals surface area contributed by atoms with Crippen molar-refractivity contribution in [3.63, 3.8) is 0 Å². The Hall–Kier alpha value is -0.660. The van der Waals surface area contributed by atoms with Gasteiger partial charge in [0.15, 0.2) is 0 Å². The van der Waals surface area contributed by atoms with Crippen LogP contribution in [-0.4, -0.2) is 32.0 Å². The molecule has 114 valence electrons. The van der Waals surface area contributed by atoms with Gasteiger partial charge >= 0.3 is 6.18 Å². The van der Waals surface area contributed by atoms with Crippen LogP contribution < -0.4 is 5.32 Å². The Labute approximate surface area is 123 Å². The van der Waals surface area contributed by atoms with Gasteiger partial charge in [-0.1, -0.05) is 22.9 Å². The molecule has 0 bridgehead atoms. The van der Waals surface area contributed by atoms with Crippen LogP contribution in [0.3, 0.4) is 0 Å². The molecule has 2 nitrogen and oxygen atoms in total. The highest BCUT2D eigenvalue weighted by Crippen LogP contribution is 2.18. The molecule has 1 atom stereocenters. The minimum absolute atomic E-state index is 0.126. The zero-order chi connectivity index (χ0) is 15.2. The van der Waals surface area contributed by atoms with Gasteiger partial charge in [0.1, 0.15) is 12.4 Å². The second-order valence-corrected chi connectivity index (χ2v) is 5.24. The van der Waals surface area contributed by atoms with Gasteiger partial charge in [-0.25, -0.2) is 4.39 Å². The van der Waals surface area contributed by atoms with Gasteiger partial charge in [-0.3, -0.25) is 0 Å². The lowest BCUT2D eigenvalue weighted by atomic mass is 10.1. The van der Waals surface area contributed by atoms with Crippen LogP contribution in [0.1, 0.15) is 12.5 Å². The molecule has 1 aromatic carbocycles. The van der Waals surface area contributed by atoms with Crippen LogP contribution in [0.5, 0.6) is 0 Å². The summed E-state index contributed by atoms with van der Waals surface area (Å²) in [6, 6.07) is 4.13. The first kappa shape index (κ1) is 17.4. The van der Waals surface area contributed by atoms with Crippen molar-refractivity contribution in [1.29, 1.82) is 0 Å². The van der Waals surface area contributed by atoms with Crippen molar-refractivity contribution in [3.05, 3.63) is 34.1 Å². The predicted octanol–water partition coefficient (Wildman–Crippen LogP) is 3.69. The second kappa shape index (κ2) is 7.95. The van der Waals surface area contributed by atoms with Crippen molar-refractivity contribution < 1.29 is 22.3 Å². The van der Waals surface area contributed by atoms with Crippen LogP contribution >= 0.6 is 15.9 Å². The van der Waals surface area contributed by atoms with Crippen LogP contribution in [0.15, 0.2) is 22.7 Å². The van der Waals surface area contributed by atoms with E-state index in [1.54, 1.807) is 12.1 Å². The number of nitrogens with one attached hydrogen (secondary N) is 1. The molecule has 7 heteroatoms. The Balaban J connectivity index is 2.60. The van der Waals surface area contributed by atoms with E-state index in [1.807, 2.05) is 6.92 Å². The maximum atomic E-state index is 13.6. The fourth-order valence-corrected chi connectivity index (χ4v) is 2.17. The third-order valence-electron chi connectivity index (χ3n) is 2.55. The molecule has 0 aromatic heterocycles. The summed E-state index contributed by atoms with van der Waals surface area (Å²) in [5, 5.41) is 2.99. The van der Waals surface area contributed by atoms with E-state index in [4.69, 9.17) is 0 Å². The average molecular weight is 358 g/mol. The number of benzene rings is 1. The molecule has 1 N–H and O–H groups in total. The Morgan fingerprint density at radius 2 is 2.05 bits per heavy atom. The third kappa shape index (κ3) is 6.67.